The Morgan fingerprint density at radius 2 is 2.09 bits per heavy atom. The van der Waals surface area contributed by atoms with Crippen LogP contribution >= 0.6 is 0 Å². The summed E-state index contributed by atoms with van der Waals surface area (Å²) in [7, 11) is 0. The van der Waals surface area contributed by atoms with Gasteiger partial charge in [0.05, 0.1) is 6.61 Å². The van der Waals surface area contributed by atoms with Crippen LogP contribution in [0.25, 0.3) is 0 Å². The number of ether oxygens (including phenoxy) is 1. The van der Waals surface area contributed by atoms with Gasteiger partial charge in [-0.05, 0) is 30.9 Å². The zero-order valence-corrected chi connectivity index (χ0v) is 13.0. The normalized spacial score (nSPS) is 18.7. The van der Waals surface area contributed by atoms with Gasteiger partial charge in [-0.1, -0.05) is 25.1 Å². The SMILES string of the molecule is CC(Cc1ccccc1F)C(=O)NCC1(CO)CCOCC1. The first-order valence-corrected chi connectivity index (χ1v) is 7.76. The summed E-state index contributed by atoms with van der Waals surface area (Å²) in [6.07, 6.45) is 1.85. The summed E-state index contributed by atoms with van der Waals surface area (Å²) in [5.74, 6) is -0.700. The van der Waals surface area contributed by atoms with Gasteiger partial charge in [-0.3, -0.25) is 4.79 Å². The monoisotopic (exact) mass is 309 g/mol. The van der Waals surface area contributed by atoms with Gasteiger partial charge in [0, 0.05) is 31.1 Å². The minimum absolute atomic E-state index is 0.0400. The summed E-state index contributed by atoms with van der Waals surface area (Å²) in [6, 6.07) is 6.51. The highest BCUT2D eigenvalue weighted by Crippen LogP contribution is 2.29. The fourth-order valence-corrected chi connectivity index (χ4v) is 2.73. The van der Waals surface area contributed by atoms with E-state index < -0.39 is 0 Å². The van der Waals surface area contributed by atoms with E-state index in [2.05, 4.69) is 5.32 Å². The number of benzene rings is 1. The maximum atomic E-state index is 13.6. The van der Waals surface area contributed by atoms with Gasteiger partial charge in [0.15, 0.2) is 0 Å². The van der Waals surface area contributed by atoms with Crippen LogP contribution < -0.4 is 5.32 Å². The van der Waals surface area contributed by atoms with Crippen LogP contribution in [-0.2, 0) is 16.0 Å². The highest BCUT2D eigenvalue weighted by molar-refractivity contribution is 5.78. The number of rotatable bonds is 6. The van der Waals surface area contributed by atoms with Gasteiger partial charge in [0.1, 0.15) is 5.82 Å². The summed E-state index contributed by atoms with van der Waals surface area (Å²) in [5, 5.41) is 12.5. The Morgan fingerprint density at radius 3 is 2.73 bits per heavy atom. The number of carbonyl (C=O) groups excluding carboxylic acids is 1. The molecule has 2 rings (SSSR count). The molecule has 122 valence electrons. The number of amides is 1. The summed E-state index contributed by atoms with van der Waals surface area (Å²) < 4.78 is 18.9. The lowest BCUT2D eigenvalue weighted by atomic mass is 9.81. The highest BCUT2D eigenvalue weighted by atomic mass is 19.1. The van der Waals surface area contributed by atoms with Gasteiger partial charge in [0.2, 0.25) is 5.91 Å². The first-order chi connectivity index (χ1) is 10.6. The van der Waals surface area contributed by atoms with Crippen LogP contribution in [0, 0.1) is 17.2 Å². The Kier molecular flexibility index (Phi) is 5.91. The van der Waals surface area contributed by atoms with Gasteiger partial charge < -0.3 is 15.2 Å². The van der Waals surface area contributed by atoms with Crippen molar-refractivity contribution >= 4 is 5.91 Å². The Balaban J connectivity index is 1.87. The molecule has 1 atom stereocenters. The van der Waals surface area contributed by atoms with E-state index in [0.717, 1.165) is 12.8 Å². The van der Waals surface area contributed by atoms with E-state index in [1.165, 1.54) is 6.07 Å². The van der Waals surface area contributed by atoms with Crippen LogP contribution in [0.15, 0.2) is 24.3 Å². The zero-order valence-electron chi connectivity index (χ0n) is 13.0. The van der Waals surface area contributed by atoms with Gasteiger partial charge >= 0.3 is 0 Å². The van der Waals surface area contributed by atoms with Gasteiger partial charge in [-0.2, -0.15) is 0 Å². The molecule has 1 heterocycles. The van der Waals surface area contributed by atoms with Crippen LogP contribution in [0.1, 0.15) is 25.3 Å². The van der Waals surface area contributed by atoms with Crippen molar-refractivity contribution in [1.82, 2.24) is 5.32 Å². The van der Waals surface area contributed by atoms with Crippen LogP contribution in [0.3, 0.4) is 0 Å². The standard InChI is InChI=1S/C17H24FNO3/c1-13(10-14-4-2-3-5-15(14)18)16(21)19-11-17(12-20)6-8-22-9-7-17/h2-5,13,20H,6-12H2,1H3,(H,19,21). The second kappa shape index (κ2) is 7.70. The molecule has 0 bridgehead atoms. The quantitative estimate of drug-likeness (QED) is 0.844. The average Bonchev–Trinajstić information content (AvgIpc) is 2.55. The van der Waals surface area contributed by atoms with Crippen molar-refractivity contribution in [2.75, 3.05) is 26.4 Å². The first-order valence-electron chi connectivity index (χ1n) is 7.76. The van der Waals surface area contributed by atoms with Crippen molar-refractivity contribution in [3.63, 3.8) is 0 Å². The van der Waals surface area contributed by atoms with Gasteiger partial charge in [-0.15, -0.1) is 0 Å². The Hall–Kier alpha value is -1.46. The molecule has 1 unspecified atom stereocenters. The minimum Gasteiger partial charge on any atom is -0.396 e. The molecule has 1 saturated heterocycles. The second-order valence-electron chi connectivity index (χ2n) is 6.18. The molecular weight excluding hydrogens is 285 g/mol. The predicted octanol–water partition coefficient (Wildman–Crippen LogP) is 1.91. The number of aliphatic hydroxyl groups is 1. The lowest BCUT2D eigenvalue weighted by molar-refractivity contribution is -0.125. The molecule has 1 amide bonds. The number of hydrogen-bond acceptors (Lipinski definition) is 3. The third-order valence-electron chi connectivity index (χ3n) is 4.46. The van der Waals surface area contributed by atoms with Crippen molar-refractivity contribution in [2.24, 2.45) is 11.3 Å². The van der Waals surface area contributed by atoms with Gasteiger partial charge in [0.25, 0.3) is 0 Å². The van der Waals surface area contributed by atoms with Crippen LogP contribution in [0.5, 0.6) is 0 Å². The van der Waals surface area contributed by atoms with Crippen molar-refractivity contribution < 1.29 is 19.0 Å². The fourth-order valence-electron chi connectivity index (χ4n) is 2.73. The molecule has 0 saturated carbocycles. The number of carbonyl (C=O) groups is 1. The molecule has 4 nitrogen and oxygen atoms in total. The molecule has 1 fully saturated rings. The second-order valence-corrected chi connectivity index (χ2v) is 6.18. The molecule has 1 aromatic carbocycles. The van der Waals surface area contributed by atoms with E-state index in [-0.39, 0.29) is 29.7 Å². The van der Waals surface area contributed by atoms with E-state index in [9.17, 15) is 14.3 Å². The van der Waals surface area contributed by atoms with E-state index in [1.54, 1.807) is 25.1 Å². The Bertz CT molecular complexity index is 500. The zero-order chi connectivity index (χ0) is 16.0. The van der Waals surface area contributed by atoms with Gasteiger partial charge in [-0.25, -0.2) is 4.39 Å². The fraction of sp³-hybridized carbons (Fsp3) is 0.588. The lowest BCUT2D eigenvalue weighted by Crippen LogP contribution is -2.45. The molecule has 2 N–H and O–H groups in total. The van der Waals surface area contributed by atoms with Crippen LogP contribution in [0.2, 0.25) is 0 Å². The largest absolute Gasteiger partial charge is 0.396 e. The first kappa shape index (κ1) is 16.9. The van der Waals surface area contributed by atoms with Crippen molar-refractivity contribution in [2.45, 2.75) is 26.2 Å². The third kappa shape index (κ3) is 4.27. The number of halogens is 1. The average molecular weight is 309 g/mol. The third-order valence-corrected chi connectivity index (χ3v) is 4.46. The van der Waals surface area contributed by atoms with E-state index in [4.69, 9.17) is 4.74 Å². The number of hydrogen-bond donors (Lipinski definition) is 2. The predicted molar refractivity (Wildman–Crippen MR) is 81.8 cm³/mol. The molecule has 22 heavy (non-hydrogen) atoms. The molecular formula is C17H24FNO3. The van der Waals surface area contributed by atoms with E-state index >= 15 is 0 Å². The molecule has 0 aliphatic carbocycles. The summed E-state index contributed by atoms with van der Waals surface area (Å²) in [4.78, 5) is 12.2. The molecule has 0 spiro atoms. The van der Waals surface area contributed by atoms with Crippen molar-refractivity contribution in [3.05, 3.63) is 35.6 Å². The molecule has 1 aromatic rings. The minimum atomic E-state index is -0.313. The maximum Gasteiger partial charge on any atom is 0.223 e. The Labute approximate surface area is 130 Å². The number of nitrogens with one attached hydrogen (secondary N) is 1. The summed E-state index contributed by atoms with van der Waals surface area (Å²) in [6.45, 7) is 3.49. The maximum absolute atomic E-state index is 13.6. The van der Waals surface area contributed by atoms with Crippen LogP contribution in [-0.4, -0.2) is 37.4 Å². The van der Waals surface area contributed by atoms with Crippen LogP contribution in [0.4, 0.5) is 4.39 Å². The number of aliphatic hydroxyl groups excluding tert-OH is 1. The van der Waals surface area contributed by atoms with Crippen molar-refractivity contribution in [1.29, 1.82) is 0 Å². The molecule has 0 aromatic heterocycles. The smallest absolute Gasteiger partial charge is 0.223 e. The van der Waals surface area contributed by atoms with Crippen molar-refractivity contribution in [3.8, 4) is 0 Å². The summed E-state index contributed by atoms with van der Waals surface area (Å²) >= 11 is 0. The van der Waals surface area contributed by atoms with E-state index in [0.29, 0.717) is 31.7 Å². The molecule has 0 radical (unpaired) electrons. The highest BCUT2D eigenvalue weighted by Gasteiger charge is 2.32. The summed E-state index contributed by atoms with van der Waals surface area (Å²) in [5.41, 5.74) is 0.263. The lowest BCUT2D eigenvalue weighted by Gasteiger charge is -2.35. The topological polar surface area (TPSA) is 58.6 Å². The molecule has 5 heteroatoms. The molecule has 1 aliphatic rings. The molecule has 1 aliphatic heterocycles. The Morgan fingerprint density at radius 1 is 1.41 bits per heavy atom. The van der Waals surface area contributed by atoms with E-state index in [1.807, 2.05) is 0 Å².